The standard InChI is InChI=1S/C18H31N3/c1-4-9-19-14-17-7-5-6-8-18(17)21-12-10-20(11-13-21)15-16(2)3/h5-8,16,19H,4,9-15H2,1-3H3. The summed E-state index contributed by atoms with van der Waals surface area (Å²) in [5.41, 5.74) is 2.86. The van der Waals surface area contributed by atoms with Crippen LogP contribution in [0.15, 0.2) is 24.3 Å². The van der Waals surface area contributed by atoms with Gasteiger partial charge in [-0.1, -0.05) is 39.0 Å². The van der Waals surface area contributed by atoms with E-state index in [1.807, 2.05) is 0 Å². The molecule has 118 valence electrons. The molecule has 1 aromatic carbocycles. The third kappa shape index (κ3) is 5.01. The van der Waals surface area contributed by atoms with E-state index in [1.54, 1.807) is 0 Å². The fraction of sp³-hybridized carbons (Fsp3) is 0.667. The lowest BCUT2D eigenvalue weighted by atomic mass is 10.1. The minimum absolute atomic E-state index is 0.766. The van der Waals surface area contributed by atoms with Crippen LogP contribution in [0.1, 0.15) is 32.8 Å². The molecule has 0 spiro atoms. The molecule has 1 aromatic rings. The number of anilines is 1. The van der Waals surface area contributed by atoms with Crippen molar-refractivity contribution in [3.63, 3.8) is 0 Å². The van der Waals surface area contributed by atoms with Crippen LogP contribution in [0.25, 0.3) is 0 Å². The molecule has 1 fully saturated rings. The van der Waals surface area contributed by atoms with Gasteiger partial charge in [-0.2, -0.15) is 0 Å². The Morgan fingerprint density at radius 2 is 1.81 bits per heavy atom. The molecular formula is C18H31N3. The molecule has 0 aromatic heterocycles. The fourth-order valence-corrected chi connectivity index (χ4v) is 3.06. The van der Waals surface area contributed by atoms with Crippen LogP contribution in [-0.4, -0.2) is 44.2 Å². The van der Waals surface area contributed by atoms with Gasteiger partial charge >= 0.3 is 0 Å². The van der Waals surface area contributed by atoms with Gasteiger partial charge in [0, 0.05) is 45.0 Å². The number of piperazine rings is 1. The first-order valence-electron chi connectivity index (χ1n) is 8.46. The highest BCUT2D eigenvalue weighted by Gasteiger charge is 2.19. The number of hydrogen-bond acceptors (Lipinski definition) is 3. The van der Waals surface area contributed by atoms with Gasteiger partial charge in [-0.25, -0.2) is 0 Å². The predicted molar refractivity (Wildman–Crippen MR) is 91.9 cm³/mol. The third-order valence-electron chi connectivity index (χ3n) is 4.07. The first kappa shape index (κ1) is 16.3. The molecule has 0 atom stereocenters. The molecule has 0 radical (unpaired) electrons. The van der Waals surface area contributed by atoms with Crippen LogP contribution in [0.3, 0.4) is 0 Å². The summed E-state index contributed by atoms with van der Waals surface area (Å²) >= 11 is 0. The highest BCUT2D eigenvalue weighted by Crippen LogP contribution is 2.22. The Labute approximate surface area is 130 Å². The number of benzene rings is 1. The Hall–Kier alpha value is -1.06. The van der Waals surface area contributed by atoms with Crippen LogP contribution in [0.5, 0.6) is 0 Å². The maximum absolute atomic E-state index is 3.53. The number of hydrogen-bond donors (Lipinski definition) is 1. The molecule has 1 saturated heterocycles. The van der Waals surface area contributed by atoms with E-state index in [0.717, 1.165) is 32.1 Å². The fourth-order valence-electron chi connectivity index (χ4n) is 3.06. The summed E-state index contributed by atoms with van der Waals surface area (Å²) < 4.78 is 0. The molecule has 0 bridgehead atoms. The van der Waals surface area contributed by atoms with Gasteiger partial charge in [0.2, 0.25) is 0 Å². The monoisotopic (exact) mass is 289 g/mol. The van der Waals surface area contributed by atoms with E-state index in [4.69, 9.17) is 0 Å². The zero-order valence-electron chi connectivity index (χ0n) is 13.9. The average Bonchev–Trinajstić information content (AvgIpc) is 2.48. The smallest absolute Gasteiger partial charge is 0.0412 e. The SMILES string of the molecule is CCCNCc1ccccc1N1CCN(CC(C)C)CC1. The number of para-hydroxylation sites is 1. The van der Waals surface area contributed by atoms with Crippen LogP contribution in [0.4, 0.5) is 5.69 Å². The Kier molecular flexibility index (Phi) is 6.52. The van der Waals surface area contributed by atoms with Crippen molar-refractivity contribution in [2.45, 2.75) is 33.7 Å². The minimum atomic E-state index is 0.766. The maximum atomic E-state index is 3.53. The lowest BCUT2D eigenvalue weighted by Gasteiger charge is -2.37. The van der Waals surface area contributed by atoms with Crippen LogP contribution >= 0.6 is 0 Å². The first-order chi connectivity index (χ1) is 10.2. The zero-order valence-corrected chi connectivity index (χ0v) is 13.9. The number of nitrogens with one attached hydrogen (secondary N) is 1. The predicted octanol–water partition coefficient (Wildman–Crippen LogP) is 2.96. The van der Waals surface area contributed by atoms with Crippen molar-refractivity contribution in [2.24, 2.45) is 5.92 Å². The Balaban J connectivity index is 1.93. The summed E-state index contributed by atoms with van der Waals surface area (Å²) in [4.78, 5) is 5.15. The van der Waals surface area contributed by atoms with Crippen molar-refractivity contribution in [3.8, 4) is 0 Å². The molecule has 1 N–H and O–H groups in total. The molecule has 0 aliphatic carbocycles. The third-order valence-corrected chi connectivity index (χ3v) is 4.07. The lowest BCUT2D eigenvalue weighted by Crippen LogP contribution is -2.47. The van der Waals surface area contributed by atoms with Gasteiger partial charge in [-0.15, -0.1) is 0 Å². The average molecular weight is 289 g/mol. The van der Waals surface area contributed by atoms with Crippen molar-refractivity contribution in [1.29, 1.82) is 0 Å². The molecule has 0 unspecified atom stereocenters. The van der Waals surface area contributed by atoms with Gasteiger partial charge in [0.25, 0.3) is 0 Å². The van der Waals surface area contributed by atoms with E-state index >= 15 is 0 Å². The second-order valence-corrected chi connectivity index (χ2v) is 6.49. The minimum Gasteiger partial charge on any atom is -0.369 e. The van der Waals surface area contributed by atoms with E-state index in [-0.39, 0.29) is 0 Å². The van der Waals surface area contributed by atoms with Gasteiger partial charge in [0.1, 0.15) is 0 Å². The summed E-state index contributed by atoms with van der Waals surface area (Å²) in [5.74, 6) is 0.766. The molecule has 2 rings (SSSR count). The normalized spacial score (nSPS) is 16.7. The summed E-state index contributed by atoms with van der Waals surface area (Å²) in [6, 6.07) is 8.86. The molecule has 3 heteroatoms. The van der Waals surface area contributed by atoms with Crippen LogP contribution in [0, 0.1) is 5.92 Å². The van der Waals surface area contributed by atoms with Crippen molar-refractivity contribution in [3.05, 3.63) is 29.8 Å². The Morgan fingerprint density at radius 3 is 2.48 bits per heavy atom. The van der Waals surface area contributed by atoms with Crippen LogP contribution in [0.2, 0.25) is 0 Å². The van der Waals surface area contributed by atoms with Gasteiger partial charge in [0.05, 0.1) is 0 Å². The molecule has 1 aliphatic rings. The van der Waals surface area contributed by atoms with Crippen molar-refractivity contribution >= 4 is 5.69 Å². The summed E-state index contributed by atoms with van der Waals surface area (Å²) in [6.45, 7) is 14.8. The van der Waals surface area contributed by atoms with Gasteiger partial charge in [-0.05, 0) is 30.5 Å². The Bertz CT molecular complexity index is 409. The first-order valence-corrected chi connectivity index (χ1v) is 8.46. The van der Waals surface area contributed by atoms with Gasteiger partial charge in [-0.3, -0.25) is 4.90 Å². The summed E-state index contributed by atoms with van der Waals surface area (Å²) in [6.07, 6.45) is 1.19. The molecule has 21 heavy (non-hydrogen) atoms. The van der Waals surface area contributed by atoms with E-state index in [9.17, 15) is 0 Å². The second kappa shape index (κ2) is 8.40. The van der Waals surface area contributed by atoms with Gasteiger partial charge in [0.15, 0.2) is 0 Å². The van der Waals surface area contributed by atoms with E-state index in [2.05, 4.69) is 60.2 Å². The summed E-state index contributed by atoms with van der Waals surface area (Å²) in [5, 5.41) is 3.53. The molecule has 1 heterocycles. The van der Waals surface area contributed by atoms with E-state index < -0.39 is 0 Å². The quantitative estimate of drug-likeness (QED) is 0.779. The van der Waals surface area contributed by atoms with Crippen molar-refractivity contribution < 1.29 is 0 Å². The van der Waals surface area contributed by atoms with Gasteiger partial charge < -0.3 is 10.2 Å². The molecular weight excluding hydrogens is 258 g/mol. The zero-order chi connectivity index (χ0) is 15.1. The largest absolute Gasteiger partial charge is 0.369 e. The maximum Gasteiger partial charge on any atom is 0.0412 e. The lowest BCUT2D eigenvalue weighted by molar-refractivity contribution is 0.231. The molecule has 0 saturated carbocycles. The molecule has 1 aliphatic heterocycles. The second-order valence-electron chi connectivity index (χ2n) is 6.49. The molecule has 0 amide bonds. The van der Waals surface area contributed by atoms with Crippen molar-refractivity contribution in [2.75, 3.05) is 44.2 Å². The van der Waals surface area contributed by atoms with Crippen LogP contribution < -0.4 is 10.2 Å². The Morgan fingerprint density at radius 1 is 1.10 bits per heavy atom. The molecule has 3 nitrogen and oxygen atoms in total. The topological polar surface area (TPSA) is 18.5 Å². The van der Waals surface area contributed by atoms with Crippen molar-refractivity contribution in [1.82, 2.24) is 10.2 Å². The number of nitrogens with zero attached hydrogens (tertiary/aromatic N) is 2. The summed E-state index contributed by atoms with van der Waals surface area (Å²) in [7, 11) is 0. The van der Waals surface area contributed by atoms with E-state index in [1.165, 1.54) is 37.3 Å². The van der Waals surface area contributed by atoms with Crippen LogP contribution in [-0.2, 0) is 6.54 Å². The highest BCUT2D eigenvalue weighted by molar-refractivity contribution is 5.54. The number of rotatable bonds is 7. The highest BCUT2D eigenvalue weighted by atomic mass is 15.3. The van der Waals surface area contributed by atoms with E-state index in [0.29, 0.717) is 0 Å².